The number of nitrogens with zero attached hydrogens (tertiary/aromatic N) is 2. The van der Waals surface area contributed by atoms with Crippen molar-refractivity contribution in [1.29, 1.82) is 0 Å². The van der Waals surface area contributed by atoms with Crippen molar-refractivity contribution in [3.05, 3.63) is 35.2 Å². The highest BCUT2D eigenvalue weighted by Crippen LogP contribution is 2.36. The van der Waals surface area contributed by atoms with Crippen LogP contribution in [0.15, 0.2) is 18.2 Å². The minimum absolute atomic E-state index is 0.329. The number of methoxy groups -OCH3 is 1. The van der Waals surface area contributed by atoms with Crippen molar-refractivity contribution in [2.75, 3.05) is 20.3 Å². The lowest BCUT2D eigenvalue weighted by Gasteiger charge is -2.21. The first-order valence-corrected chi connectivity index (χ1v) is 10.1. The minimum atomic E-state index is -1.06. The van der Waals surface area contributed by atoms with E-state index < -0.39 is 30.5 Å². The molecule has 162 valence electrons. The number of hydrogen-bond acceptors (Lipinski definition) is 6. The van der Waals surface area contributed by atoms with Crippen molar-refractivity contribution < 1.29 is 28.7 Å². The zero-order valence-corrected chi connectivity index (χ0v) is 17.8. The Morgan fingerprint density at radius 3 is 2.30 bits per heavy atom. The second kappa shape index (κ2) is 8.95. The third-order valence-corrected chi connectivity index (χ3v) is 6.01. The molecule has 8 heteroatoms. The Kier molecular flexibility index (Phi) is 6.55. The van der Waals surface area contributed by atoms with Gasteiger partial charge in [-0.05, 0) is 39.7 Å². The van der Waals surface area contributed by atoms with E-state index in [1.54, 1.807) is 13.2 Å². The Bertz CT molecular complexity index is 874. The predicted octanol–water partition coefficient (Wildman–Crippen LogP) is 1.82. The smallest absolute Gasteiger partial charge is 0.329 e. The summed E-state index contributed by atoms with van der Waals surface area (Å²) in [6.07, 6.45) is 4.79. The van der Waals surface area contributed by atoms with Gasteiger partial charge in [0.15, 0.2) is 6.61 Å². The van der Waals surface area contributed by atoms with Gasteiger partial charge in [0.2, 0.25) is 17.6 Å². The summed E-state index contributed by atoms with van der Waals surface area (Å²) >= 11 is 0. The van der Waals surface area contributed by atoms with Gasteiger partial charge in [-0.2, -0.15) is 0 Å². The number of aromatic nitrogens is 1. The van der Waals surface area contributed by atoms with Gasteiger partial charge in [0.25, 0.3) is 0 Å². The molecular formula is C22H28N2O6. The van der Waals surface area contributed by atoms with E-state index >= 15 is 0 Å². The zero-order chi connectivity index (χ0) is 22.0. The number of Topliss-reactive ketones (excluding diaryl/α,β-unsaturated/α-hetero) is 1. The average molecular weight is 416 g/mol. The summed E-state index contributed by atoms with van der Waals surface area (Å²) in [4.78, 5) is 51.3. The largest absolute Gasteiger partial charge is 0.456 e. The number of rotatable bonds is 8. The van der Waals surface area contributed by atoms with Gasteiger partial charge in [-0.25, -0.2) is 4.79 Å². The zero-order valence-electron chi connectivity index (χ0n) is 17.8. The maximum atomic E-state index is 12.6. The van der Waals surface area contributed by atoms with Crippen LogP contribution in [0.5, 0.6) is 0 Å². The van der Waals surface area contributed by atoms with Crippen LogP contribution >= 0.6 is 0 Å². The number of likely N-dealkylation sites (tertiary alicyclic amines) is 1. The van der Waals surface area contributed by atoms with Crippen molar-refractivity contribution in [1.82, 2.24) is 9.47 Å². The van der Waals surface area contributed by atoms with Gasteiger partial charge in [0.1, 0.15) is 6.04 Å². The molecule has 0 radical (unpaired) electrons. The maximum absolute atomic E-state index is 12.6. The Labute approximate surface area is 175 Å². The molecule has 1 aliphatic carbocycles. The molecule has 1 aromatic rings. The van der Waals surface area contributed by atoms with Crippen molar-refractivity contribution in [2.24, 2.45) is 11.8 Å². The van der Waals surface area contributed by atoms with Crippen LogP contribution in [-0.4, -0.2) is 59.4 Å². The monoisotopic (exact) mass is 416 g/mol. The van der Waals surface area contributed by atoms with Gasteiger partial charge in [0.05, 0.1) is 18.4 Å². The normalized spacial score (nSPS) is 21.7. The van der Waals surface area contributed by atoms with Crippen molar-refractivity contribution >= 4 is 23.6 Å². The van der Waals surface area contributed by atoms with Crippen molar-refractivity contribution in [3.63, 3.8) is 0 Å². The van der Waals surface area contributed by atoms with E-state index in [1.807, 2.05) is 30.6 Å². The van der Waals surface area contributed by atoms with E-state index in [-0.39, 0.29) is 17.6 Å². The maximum Gasteiger partial charge on any atom is 0.329 e. The molecule has 0 unspecified atom stereocenters. The fourth-order valence-electron chi connectivity index (χ4n) is 4.26. The van der Waals surface area contributed by atoms with E-state index in [1.165, 1.54) is 6.92 Å². The topological polar surface area (TPSA) is 94.9 Å². The number of ether oxygens (including phenoxy) is 2. The average Bonchev–Trinajstić information content (AvgIpc) is 3.16. The highest BCUT2D eigenvalue weighted by molar-refractivity contribution is 6.08. The Hall–Kier alpha value is -2.74. The molecule has 0 spiro atoms. The van der Waals surface area contributed by atoms with Crippen LogP contribution in [0.4, 0.5) is 0 Å². The summed E-state index contributed by atoms with van der Waals surface area (Å²) in [6, 6.07) is 0.702. The summed E-state index contributed by atoms with van der Waals surface area (Å²) in [5, 5.41) is 0. The molecule has 0 saturated carbocycles. The van der Waals surface area contributed by atoms with Crippen LogP contribution in [0.1, 0.15) is 41.5 Å². The SMILES string of the molecule is COCCn1c(C)cc(C(=O)COC(=O)[C@H](C)N2C(=O)[C@H]3CC=CC[C@@H]3C2=O)c1C. The van der Waals surface area contributed by atoms with Crippen LogP contribution in [0.3, 0.4) is 0 Å². The molecule has 2 amide bonds. The van der Waals surface area contributed by atoms with E-state index in [2.05, 4.69) is 0 Å². The number of allylic oxidation sites excluding steroid dienone is 2. The first kappa shape index (κ1) is 22.0. The van der Waals surface area contributed by atoms with Gasteiger partial charge >= 0.3 is 5.97 Å². The molecule has 0 bridgehead atoms. The number of fused-ring (bicyclic) bond motifs is 1. The lowest BCUT2D eigenvalue weighted by molar-refractivity contribution is -0.157. The standard InChI is InChI=1S/C22H28N2O6/c1-13-11-18(14(2)23(13)9-10-29-4)19(25)12-30-22(28)15(3)24-20(26)16-7-5-6-8-17(16)21(24)27/h5-6,11,15-17H,7-10,12H2,1-4H3/t15-,16-,17-/m0/s1. The van der Waals surface area contributed by atoms with Crippen LogP contribution in [0, 0.1) is 25.7 Å². The third-order valence-electron chi connectivity index (χ3n) is 6.01. The molecule has 1 saturated heterocycles. The second-order valence-corrected chi connectivity index (χ2v) is 7.84. The van der Waals surface area contributed by atoms with Crippen LogP contribution in [0.2, 0.25) is 0 Å². The molecule has 0 N–H and O–H groups in total. The molecule has 2 aliphatic rings. The number of carbonyl (C=O) groups is 4. The Balaban J connectivity index is 1.62. The molecular weight excluding hydrogens is 388 g/mol. The Morgan fingerprint density at radius 1 is 1.13 bits per heavy atom. The number of imide groups is 1. The van der Waals surface area contributed by atoms with E-state index in [9.17, 15) is 19.2 Å². The highest BCUT2D eigenvalue weighted by Gasteiger charge is 2.50. The van der Waals surface area contributed by atoms with Crippen LogP contribution in [0.25, 0.3) is 0 Å². The molecule has 30 heavy (non-hydrogen) atoms. The summed E-state index contributed by atoms with van der Waals surface area (Å²) < 4.78 is 12.2. The van der Waals surface area contributed by atoms with Gasteiger partial charge < -0.3 is 14.0 Å². The molecule has 0 aromatic carbocycles. The summed E-state index contributed by atoms with van der Waals surface area (Å²) in [6.45, 7) is 5.89. The summed E-state index contributed by atoms with van der Waals surface area (Å²) in [7, 11) is 1.61. The fraction of sp³-hybridized carbons (Fsp3) is 0.545. The number of carbonyl (C=O) groups excluding carboxylic acids is 4. The van der Waals surface area contributed by atoms with Crippen molar-refractivity contribution in [3.8, 4) is 0 Å². The van der Waals surface area contributed by atoms with E-state index in [0.29, 0.717) is 31.6 Å². The fourth-order valence-corrected chi connectivity index (χ4v) is 4.26. The molecule has 8 nitrogen and oxygen atoms in total. The van der Waals surface area contributed by atoms with E-state index in [0.717, 1.165) is 16.3 Å². The molecule has 2 heterocycles. The minimum Gasteiger partial charge on any atom is -0.456 e. The number of hydrogen-bond donors (Lipinski definition) is 0. The lowest BCUT2D eigenvalue weighted by atomic mass is 9.85. The molecule has 1 fully saturated rings. The second-order valence-electron chi connectivity index (χ2n) is 7.84. The summed E-state index contributed by atoms with van der Waals surface area (Å²) in [5.74, 6) is -2.58. The predicted molar refractivity (Wildman–Crippen MR) is 108 cm³/mol. The molecule has 3 rings (SSSR count). The summed E-state index contributed by atoms with van der Waals surface area (Å²) in [5.41, 5.74) is 2.17. The van der Waals surface area contributed by atoms with Gasteiger partial charge in [-0.3, -0.25) is 19.3 Å². The third kappa shape index (κ3) is 3.96. The number of aryl methyl sites for hydroxylation is 1. The highest BCUT2D eigenvalue weighted by atomic mass is 16.5. The number of amides is 2. The molecule has 3 atom stereocenters. The van der Waals surface area contributed by atoms with Crippen LogP contribution in [-0.2, 0) is 30.4 Å². The van der Waals surface area contributed by atoms with Gasteiger partial charge in [-0.1, -0.05) is 12.2 Å². The van der Waals surface area contributed by atoms with Crippen LogP contribution < -0.4 is 0 Å². The number of ketones is 1. The van der Waals surface area contributed by atoms with Crippen molar-refractivity contribution in [2.45, 2.75) is 46.2 Å². The van der Waals surface area contributed by atoms with Gasteiger partial charge in [-0.15, -0.1) is 0 Å². The Morgan fingerprint density at radius 2 is 1.73 bits per heavy atom. The lowest BCUT2D eigenvalue weighted by Crippen LogP contribution is -2.44. The first-order valence-electron chi connectivity index (χ1n) is 10.1. The molecule has 1 aliphatic heterocycles. The molecule has 1 aromatic heterocycles. The quantitative estimate of drug-likeness (QED) is 0.278. The first-order chi connectivity index (χ1) is 14.3. The van der Waals surface area contributed by atoms with E-state index in [4.69, 9.17) is 9.47 Å². The van der Waals surface area contributed by atoms with Gasteiger partial charge in [0, 0.05) is 30.6 Å². The number of esters is 1.